The summed E-state index contributed by atoms with van der Waals surface area (Å²) in [6, 6.07) is 16.8. The smallest absolute Gasteiger partial charge is 0.269 e. The topological polar surface area (TPSA) is 67.4 Å². The molecule has 2 aromatic carbocycles. The van der Waals surface area contributed by atoms with Crippen LogP contribution in [0.5, 0.6) is 5.75 Å². The Morgan fingerprint density at radius 1 is 1.08 bits per heavy atom. The average Bonchev–Trinajstić information content (AvgIpc) is 2.66. The summed E-state index contributed by atoms with van der Waals surface area (Å²) in [4.78, 5) is 24.3. The molecule has 1 amide bonds. The van der Waals surface area contributed by atoms with E-state index in [-0.39, 0.29) is 17.6 Å². The quantitative estimate of drug-likeness (QED) is 0.824. The van der Waals surface area contributed by atoms with E-state index >= 15 is 0 Å². The summed E-state index contributed by atoms with van der Waals surface area (Å²) in [5.74, 6) is 0.506. The predicted molar refractivity (Wildman–Crippen MR) is 95.1 cm³/mol. The summed E-state index contributed by atoms with van der Waals surface area (Å²) in [6.45, 7) is 0. The molecule has 0 fully saturated rings. The molecule has 2 aromatic rings. The predicted octanol–water partition coefficient (Wildman–Crippen LogP) is 2.96. The van der Waals surface area contributed by atoms with E-state index in [4.69, 9.17) is 4.74 Å². The van der Waals surface area contributed by atoms with Crippen molar-refractivity contribution in [2.45, 2.75) is 18.8 Å². The first-order chi connectivity index (χ1) is 12.2. The van der Waals surface area contributed by atoms with Crippen LogP contribution in [0.25, 0.3) is 0 Å². The van der Waals surface area contributed by atoms with E-state index in [9.17, 15) is 9.59 Å². The summed E-state index contributed by atoms with van der Waals surface area (Å²) in [5, 5.41) is 0. The zero-order chi connectivity index (χ0) is 17.6. The van der Waals surface area contributed by atoms with Crippen molar-refractivity contribution >= 4 is 11.7 Å². The Labute approximate surface area is 146 Å². The van der Waals surface area contributed by atoms with Crippen molar-refractivity contribution in [3.05, 3.63) is 77.5 Å². The summed E-state index contributed by atoms with van der Waals surface area (Å²) >= 11 is 0. The first kappa shape index (κ1) is 16.8. The minimum absolute atomic E-state index is 0.0539. The monoisotopic (exact) mass is 336 g/mol. The number of carbonyl (C=O) groups is 2. The number of rotatable bonds is 5. The SMILES string of the molecule is COc1cccc(C(=O)NNC2=CC(=O)C[C@H](c3ccccc3)C2)c1. The number of carbonyl (C=O) groups excluding carboxylic acids is 2. The zero-order valence-electron chi connectivity index (χ0n) is 14.0. The Kier molecular flexibility index (Phi) is 5.14. The lowest BCUT2D eigenvalue weighted by molar-refractivity contribution is -0.115. The number of allylic oxidation sites excluding steroid dienone is 2. The van der Waals surface area contributed by atoms with E-state index in [2.05, 4.69) is 10.9 Å². The van der Waals surface area contributed by atoms with Gasteiger partial charge in [0.15, 0.2) is 5.78 Å². The molecule has 0 aromatic heterocycles. The molecule has 3 rings (SSSR count). The normalized spacial score (nSPS) is 16.8. The molecule has 0 spiro atoms. The highest BCUT2D eigenvalue weighted by molar-refractivity contribution is 5.95. The van der Waals surface area contributed by atoms with E-state index in [0.717, 1.165) is 5.56 Å². The third-order valence-corrected chi connectivity index (χ3v) is 4.19. The van der Waals surface area contributed by atoms with Crippen molar-refractivity contribution in [2.24, 2.45) is 0 Å². The number of benzene rings is 2. The average molecular weight is 336 g/mol. The first-order valence-corrected chi connectivity index (χ1v) is 8.14. The molecule has 2 N–H and O–H groups in total. The number of nitrogens with one attached hydrogen (secondary N) is 2. The molecule has 0 heterocycles. The van der Waals surface area contributed by atoms with Crippen molar-refractivity contribution in [3.63, 3.8) is 0 Å². The molecule has 25 heavy (non-hydrogen) atoms. The van der Waals surface area contributed by atoms with Crippen LogP contribution in [0.15, 0.2) is 66.4 Å². The van der Waals surface area contributed by atoms with Crippen LogP contribution in [0.1, 0.15) is 34.7 Å². The molecule has 0 bridgehead atoms. The van der Waals surface area contributed by atoms with E-state index in [1.54, 1.807) is 37.5 Å². The van der Waals surface area contributed by atoms with E-state index in [1.165, 1.54) is 0 Å². The van der Waals surface area contributed by atoms with Crippen molar-refractivity contribution in [1.29, 1.82) is 0 Å². The molecular formula is C20H20N2O3. The fourth-order valence-electron chi connectivity index (χ4n) is 2.91. The van der Waals surface area contributed by atoms with Gasteiger partial charge in [0.25, 0.3) is 5.91 Å². The van der Waals surface area contributed by atoms with Crippen LogP contribution >= 0.6 is 0 Å². The lowest BCUT2D eigenvalue weighted by Crippen LogP contribution is -2.38. The van der Waals surface area contributed by atoms with Crippen LogP contribution in [0.2, 0.25) is 0 Å². The highest BCUT2D eigenvalue weighted by Crippen LogP contribution is 2.30. The fraction of sp³-hybridized carbons (Fsp3) is 0.200. The standard InChI is InChI=1S/C20H20N2O3/c1-25-19-9-5-8-15(12-19)20(24)22-21-17-10-16(11-18(23)13-17)14-6-3-2-4-7-14/h2-9,12-13,16,21H,10-11H2,1H3,(H,22,24)/t16-/m1/s1. The molecule has 1 aliphatic carbocycles. The Balaban J connectivity index is 1.64. The van der Waals surface area contributed by atoms with Crippen LogP contribution in [-0.4, -0.2) is 18.8 Å². The summed E-state index contributed by atoms with van der Waals surface area (Å²) in [5.41, 5.74) is 7.85. The molecule has 0 saturated carbocycles. The van der Waals surface area contributed by atoms with Crippen LogP contribution in [-0.2, 0) is 4.79 Å². The van der Waals surface area contributed by atoms with Crippen LogP contribution < -0.4 is 15.6 Å². The van der Waals surface area contributed by atoms with Gasteiger partial charge in [0.05, 0.1) is 7.11 Å². The highest BCUT2D eigenvalue weighted by atomic mass is 16.5. The molecular weight excluding hydrogens is 316 g/mol. The number of ether oxygens (including phenoxy) is 1. The number of hydrogen-bond acceptors (Lipinski definition) is 4. The second-order valence-electron chi connectivity index (χ2n) is 5.96. The maximum atomic E-state index is 12.2. The Morgan fingerprint density at radius 2 is 1.88 bits per heavy atom. The molecule has 0 radical (unpaired) electrons. The first-order valence-electron chi connectivity index (χ1n) is 8.14. The van der Waals surface area contributed by atoms with Crippen LogP contribution in [0.4, 0.5) is 0 Å². The van der Waals surface area contributed by atoms with Gasteiger partial charge in [0.2, 0.25) is 0 Å². The summed E-state index contributed by atoms with van der Waals surface area (Å²) in [6.07, 6.45) is 2.72. The molecule has 1 aliphatic rings. The Morgan fingerprint density at radius 3 is 2.64 bits per heavy atom. The van der Waals surface area contributed by atoms with Gasteiger partial charge in [-0.1, -0.05) is 36.4 Å². The van der Waals surface area contributed by atoms with Gasteiger partial charge in [0.1, 0.15) is 5.75 Å². The number of hydrazine groups is 1. The van der Waals surface area contributed by atoms with Crippen molar-refractivity contribution in [3.8, 4) is 5.75 Å². The van der Waals surface area contributed by atoms with E-state index in [0.29, 0.717) is 29.9 Å². The fourth-order valence-corrected chi connectivity index (χ4v) is 2.91. The lowest BCUT2D eigenvalue weighted by Gasteiger charge is -2.23. The number of methoxy groups -OCH3 is 1. The van der Waals surface area contributed by atoms with Gasteiger partial charge in [-0.25, -0.2) is 0 Å². The van der Waals surface area contributed by atoms with Gasteiger partial charge in [-0.3, -0.25) is 15.0 Å². The van der Waals surface area contributed by atoms with Gasteiger partial charge in [0, 0.05) is 23.8 Å². The molecule has 128 valence electrons. The van der Waals surface area contributed by atoms with Crippen molar-refractivity contribution in [2.75, 3.05) is 7.11 Å². The van der Waals surface area contributed by atoms with E-state index < -0.39 is 0 Å². The maximum Gasteiger partial charge on any atom is 0.269 e. The maximum absolute atomic E-state index is 12.2. The number of hydrogen-bond donors (Lipinski definition) is 2. The van der Waals surface area contributed by atoms with Gasteiger partial charge < -0.3 is 10.2 Å². The Bertz CT molecular complexity index is 800. The Hall–Kier alpha value is -3.08. The lowest BCUT2D eigenvalue weighted by atomic mass is 9.86. The zero-order valence-corrected chi connectivity index (χ0v) is 14.0. The van der Waals surface area contributed by atoms with E-state index in [1.807, 2.05) is 30.3 Å². The molecule has 5 heteroatoms. The van der Waals surface area contributed by atoms with Gasteiger partial charge in [-0.15, -0.1) is 0 Å². The largest absolute Gasteiger partial charge is 0.497 e. The molecule has 1 atom stereocenters. The van der Waals surface area contributed by atoms with Gasteiger partial charge >= 0.3 is 0 Å². The van der Waals surface area contributed by atoms with Crippen LogP contribution in [0, 0.1) is 0 Å². The third-order valence-electron chi connectivity index (χ3n) is 4.19. The highest BCUT2D eigenvalue weighted by Gasteiger charge is 2.22. The molecule has 0 aliphatic heterocycles. The molecule has 0 unspecified atom stereocenters. The van der Waals surface area contributed by atoms with Gasteiger partial charge in [-0.2, -0.15) is 0 Å². The van der Waals surface area contributed by atoms with Crippen molar-refractivity contribution < 1.29 is 14.3 Å². The second kappa shape index (κ2) is 7.66. The second-order valence-corrected chi connectivity index (χ2v) is 5.96. The summed E-state index contributed by atoms with van der Waals surface area (Å²) in [7, 11) is 1.55. The molecule has 0 saturated heterocycles. The van der Waals surface area contributed by atoms with Crippen LogP contribution in [0.3, 0.4) is 0 Å². The minimum atomic E-state index is -0.283. The summed E-state index contributed by atoms with van der Waals surface area (Å²) < 4.78 is 5.12. The number of amides is 1. The third kappa shape index (κ3) is 4.26. The van der Waals surface area contributed by atoms with Crippen molar-refractivity contribution in [1.82, 2.24) is 10.9 Å². The minimum Gasteiger partial charge on any atom is -0.497 e. The molecule has 5 nitrogen and oxygen atoms in total. The number of ketones is 1. The van der Waals surface area contributed by atoms with Gasteiger partial charge in [-0.05, 0) is 36.1 Å².